The lowest BCUT2D eigenvalue weighted by molar-refractivity contribution is -0.121. The molecule has 2 heterocycles. The minimum Gasteiger partial charge on any atom is -0.497 e. The van der Waals surface area contributed by atoms with Crippen molar-refractivity contribution >= 4 is 22.9 Å². The summed E-state index contributed by atoms with van der Waals surface area (Å²) in [6.45, 7) is 1.95. The maximum Gasteiger partial charge on any atom is 0.220 e. The van der Waals surface area contributed by atoms with Gasteiger partial charge in [0.05, 0.1) is 7.11 Å². The molecule has 2 aromatic rings. The number of nitrogens with zero attached hydrogens (tertiary/aromatic N) is 1. The van der Waals surface area contributed by atoms with Crippen LogP contribution in [0.2, 0.25) is 0 Å². The number of thiophene rings is 1. The van der Waals surface area contributed by atoms with Crippen LogP contribution in [0.4, 0.5) is 5.69 Å². The van der Waals surface area contributed by atoms with E-state index in [1.165, 1.54) is 11.3 Å². The number of amides is 1. The number of hydrogen-bond acceptors (Lipinski definition) is 4. The van der Waals surface area contributed by atoms with Gasteiger partial charge in [0.25, 0.3) is 0 Å². The van der Waals surface area contributed by atoms with Crippen LogP contribution in [-0.2, 0) is 11.2 Å². The third-order valence-electron chi connectivity index (χ3n) is 4.52. The predicted molar refractivity (Wildman–Crippen MR) is 99.0 cm³/mol. The van der Waals surface area contributed by atoms with Gasteiger partial charge in [-0.15, -0.1) is 0 Å². The molecule has 1 fully saturated rings. The van der Waals surface area contributed by atoms with Crippen LogP contribution in [0, 0.1) is 0 Å². The van der Waals surface area contributed by atoms with E-state index in [1.807, 2.05) is 12.1 Å². The minimum atomic E-state index is 0.170. The molecule has 0 unspecified atom stereocenters. The molecule has 0 spiro atoms. The number of piperidine rings is 1. The van der Waals surface area contributed by atoms with Crippen LogP contribution in [0.15, 0.2) is 41.1 Å². The van der Waals surface area contributed by atoms with Gasteiger partial charge in [0.1, 0.15) is 5.75 Å². The first-order valence-electron chi connectivity index (χ1n) is 8.44. The van der Waals surface area contributed by atoms with Crippen molar-refractivity contribution in [2.75, 3.05) is 25.1 Å². The Bertz CT molecular complexity index is 632. The molecule has 0 atom stereocenters. The monoisotopic (exact) mass is 344 g/mol. The normalized spacial score (nSPS) is 15.3. The third kappa shape index (κ3) is 4.51. The molecule has 4 nitrogen and oxygen atoms in total. The fourth-order valence-electron chi connectivity index (χ4n) is 3.07. The number of anilines is 1. The summed E-state index contributed by atoms with van der Waals surface area (Å²) in [7, 11) is 1.68. The van der Waals surface area contributed by atoms with Crippen molar-refractivity contribution in [3.8, 4) is 5.75 Å². The second-order valence-electron chi connectivity index (χ2n) is 6.16. The quantitative estimate of drug-likeness (QED) is 0.872. The number of rotatable bonds is 6. The van der Waals surface area contributed by atoms with Crippen LogP contribution in [0.5, 0.6) is 5.75 Å². The van der Waals surface area contributed by atoms with E-state index in [2.05, 4.69) is 39.2 Å². The van der Waals surface area contributed by atoms with E-state index in [0.717, 1.165) is 38.1 Å². The van der Waals surface area contributed by atoms with Crippen LogP contribution >= 0.6 is 11.3 Å². The molecule has 1 aromatic heterocycles. The lowest BCUT2D eigenvalue weighted by Crippen LogP contribution is -2.44. The predicted octanol–water partition coefficient (Wildman–Crippen LogP) is 3.47. The molecule has 1 aromatic carbocycles. The van der Waals surface area contributed by atoms with Crippen LogP contribution < -0.4 is 15.0 Å². The van der Waals surface area contributed by atoms with Crippen LogP contribution in [-0.4, -0.2) is 32.1 Å². The van der Waals surface area contributed by atoms with Gasteiger partial charge in [-0.2, -0.15) is 11.3 Å². The fourth-order valence-corrected chi connectivity index (χ4v) is 3.77. The highest BCUT2D eigenvalue weighted by Crippen LogP contribution is 2.22. The number of nitrogens with one attached hydrogen (secondary N) is 1. The Balaban J connectivity index is 1.42. The summed E-state index contributed by atoms with van der Waals surface area (Å²) in [5.74, 6) is 1.05. The van der Waals surface area contributed by atoms with Crippen LogP contribution in [0.25, 0.3) is 0 Å². The van der Waals surface area contributed by atoms with Crippen molar-refractivity contribution in [2.45, 2.75) is 31.7 Å². The smallest absolute Gasteiger partial charge is 0.220 e. The number of carbonyl (C=O) groups is 1. The standard InChI is InChI=1S/C19H24N2O2S/c1-23-18-5-3-17(4-6-18)21-11-8-16(9-12-21)20-19(22)7-2-15-10-13-24-14-15/h3-6,10,13-14,16H,2,7-9,11-12H2,1H3,(H,20,22). The fraction of sp³-hybridized carbons (Fsp3) is 0.421. The molecular formula is C19H24N2O2S. The van der Waals surface area contributed by atoms with Gasteiger partial charge in [-0.1, -0.05) is 0 Å². The minimum absolute atomic E-state index is 0.170. The van der Waals surface area contributed by atoms with Gasteiger partial charge < -0.3 is 15.0 Å². The number of hydrogen-bond donors (Lipinski definition) is 1. The summed E-state index contributed by atoms with van der Waals surface area (Å²) < 4.78 is 5.20. The van der Waals surface area contributed by atoms with E-state index in [1.54, 1.807) is 18.4 Å². The third-order valence-corrected chi connectivity index (χ3v) is 5.25. The molecule has 1 aliphatic heterocycles. The van der Waals surface area contributed by atoms with Crippen molar-refractivity contribution in [3.63, 3.8) is 0 Å². The summed E-state index contributed by atoms with van der Waals surface area (Å²) in [6, 6.07) is 10.6. The van der Waals surface area contributed by atoms with Gasteiger partial charge in [0, 0.05) is 31.2 Å². The average Bonchev–Trinajstić information content (AvgIpc) is 3.14. The van der Waals surface area contributed by atoms with Gasteiger partial charge in [-0.05, 0) is 65.9 Å². The second-order valence-corrected chi connectivity index (χ2v) is 6.94. The Morgan fingerprint density at radius 1 is 1.25 bits per heavy atom. The number of aryl methyl sites for hydroxylation is 1. The SMILES string of the molecule is COc1ccc(N2CCC(NC(=O)CCc3ccsc3)CC2)cc1. The Morgan fingerprint density at radius 3 is 2.62 bits per heavy atom. The van der Waals surface area contributed by atoms with Crippen molar-refractivity contribution in [2.24, 2.45) is 0 Å². The topological polar surface area (TPSA) is 41.6 Å². The zero-order chi connectivity index (χ0) is 16.8. The molecule has 1 amide bonds. The lowest BCUT2D eigenvalue weighted by Gasteiger charge is -2.34. The molecule has 3 rings (SSSR count). The Morgan fingerprint density at radius 2 is 2.00 bits per heavy atom. The maximum atomic E-state index is 12.1. The highest BCUT2D eigenvalue weighted by Gasteiger charge is 2.20. The molecule has 0 radical (unpaired) electrons. The first kappa shape index (κ1) is 16.8. The zero-order valence-corrected chi connectivity index (χ0v) is 14.8. The van der Waals surface area contributed by atoms with Crippen molar-refractivity contribution in [1.82, 2.24) is 5.32 Å². The van der Waals surface area contributed by atoms with Crippen LogP contribution in [0.1, 0.15) is 24.8 Å². The van der Waals surface area contributed by atoms with E-state index < -0.39 is 0 Å². The average molecular weight is 344 g/mol. The van der Waals surface area contributed by atoms with Gasteiger partial charge in [-0.25, -0.2) is 0 Å². The Kier molecular flexibility index (Phi) is 5.75. The molecule has 1 aliphatic rings. The molecule has 5 heteroatoms. The first-order chi connectivity index (χ1) is 11.7. The largest absolute Gasteiger partial charge is 0.497 e. The number of methoxy groups -OCH3 is 1. The molecule has 0 bridgehead atoms. The molecule has 24 heavy (non-hydrogen) atoms. The second kappa shape index (κ2) is 8.20. The summed E-state index contributed by atoms with van der Waals surface area (Å²) in [5.41, 5.74) is 2.47. The summed E-state index contributed by atoms with van der Waals surface area (Å²) in [5, 5.41) is 7.36. The van der Waals surface area contributed by atoms with E-state index in [0.29, 0.717) is 12.5 Å². The summed E-state index contributed by atoms with van der Waals surface area (Å²) >= 11 is 1.68. The van der Waals surface area contributed by atoms with E-state index in [4.69, 9.17) is 4.74 Å². The first-order valence-corrected chi connectivity index (χ1v) is 9.38. The van der Waals surface area contributed by atoms with Crippen molar-refractivity contribution in [3.05, 3.63) is 46.7 Å². The van der Waals surface area contributed by atoms with E-state index >= 15 is 0 Å². The van der Waals surface area contributed by atoms with Crippen LogP contribution in [0.3, 0.4) is 0 Å². The number of carbonyl (C=O) groups excluding carboxylic acids is 1. The molecule has 128 valence electrons. The summed E-state index contributed by atoms with van der Waals surface area (Å²) in [6.07, 6.45) is 3.40. The molecular weight excluding hydrogens is 320 g/mol. The lowest BCUT2D eigenvalue weighted by atomic mass is 10.0. The summed E-state index contributed by atoms with van der Waals surface area (Å²) in [4.78, 5) is 14.5. The molecule has 1 N–H and O–H groups in total. The molecule has 1 saturated heterocycles. The van der Waals surface area contributed by atoms with Gasteiger partial charge in [0.2, 0.25) is 5.91 Å². The van der Waals surface area contributed by atoms with Crippen molar-refractivity contribution < 1.29 is 9.53 Å². The number of ether oxygens (including phenoxy) is 1. The van der Waals surface area contributed by atoms with Gasteiger partial charge in [0.15, 0.2) is 0 Å². The van der Waals surface area contributed by atoms with Gasteiger partial charge in [-0.3, -0.25) is 4.79 Å². The Labute approximate surface area is 147 Å². The zero-order valence-electron chi connectivity index (χ0n) is 14.0. The highest BCUT2D eigenvalue weighted by atomic mass is 32.1. The van der Waals surface area contributed by atoms with E-state index in [-0.39, 0.29) is 5.91 Å². The molecule has 0 saturated carbocycles. The van der Waals surface area contributed by atoms with Gasteiger partial charge >= 0.3 is 0 Å². The van der Waals surface area contributed by atoms with E-state index in [9.17, 15) is 4.79 Å². The van der Waals surface area contributed by atoms with Crippen molar-refractivity contribution in [1.29, 1.82) is 0 Å². The number of benzene rings is 1. The molecule has 0 aliphatic carbocycles. The maximum absolute atomic E-state index is 12.1. The highest BCUT2D eigenvalue weighted by molar-refractivity contribution is 7.07. The Hall–Kier alpha value is -2.01.